The van der Waals surface area contributed by atoms with Crippen LogP contribution in [0.15, 0.2) is 47.3 Å². The molecule has 11 nitrogen and oxygen atoms in total. The van der Waals surface area contributed by atoms with Crippen LogP contribution < -0.4 is 5.56 Å². The van der Waals surface area contributed by atoms with E-state index in [1.165, 1.54) is 6.07 Å². The molecule has 0 radical (unpaired) electrons. The molecule has 3 fully saturated rings. The third-order valence-corrected chi connectivity index (χ3v) is 9.68. The van der Waals surface area contributed by atoms with Gasteiger partial charge in [0.05, 0.1) is 16.6 Å². The van der Waals surface area contributed by atoms with Crippen LogP contribution >= 0.6 is 0 Å². The van der Waals surface area contributed by atoms with Crippen LogP contribution in [-0.2, 0) is 16.0 Å². The molecule has 0 aliphatic carbocycles. The summed E-state index contributed by atoms with van der Waals surface area (Å²) >= 11 is 0. The van der Waals surface area contributed by atoms with Crippen LogP contribution in [0, 0.1) is 17.7 Å². The van der Waals surface area contributed by atoms with Crippen molar-refractivity contribution in [1.82, 2.24) is 29.8 Å². The topological polar surface area (TPSA) is 119 Å². The molecule has 1 N–H and O–H groups in total. The number of H-pyrrole nitrogens is 1. The number of rotatable bonds is 6. The van der Waals surface area contributed by atoms with E-state index in [2.05, 4.69) is 15.1 Å². The van der Waals surface area contributed by atoms with Gasteiger partial charge < -0.3 is 24.3 Å². The fourth-order valence-electron chi connectivity index (χ4n) is 7.11. The maximum atomic E-state index is 14.9. The zero-order valence-electron chi connectivity index (χ0n) is 28.0. The molecule has 0 unspecified atom stereocenters. The Labute approximate surface area is 280 Å². The number of amides is 3. The fourth-order valence-corrected chi connectivity index (χ4v) is 7.11. The summed E-state index contributed by atoms with van der Waals surface area (Å²) in [6.07, 6.45) is 2.61. The summed E-state index contributed by atoms with van der Waals surface area (Å²) in [5, 5.41) is 7.97. The Bertz CT molecular complexity index is 1720. The standard InChI is InChI=1S/C36H45FN6O5/c1-36(2,3)48-35(47)43-15-10-25(23-43)22-40-13-11-26(12-14-40)33(45)41-16-18-42(19-17-41)34(46)29-20-24(8-9-30(29)37)21-31-27-6-4-5-7-28(27)32(44)39-38-31/h4-9,20,25-26H,10-19,21-23H2,1-3H3,(H,39,44)/t25-/m1/s1. The van der Waals surface area contributed by atoms with Gasteiger partial charge in [0.25, 0.3) is 11.5 Å². The monoisotopic (exact) mass is 660 g/mol. The number of benzene rings is 2. The van der Waals surface area contributed by atoms with E-state index in [0.717, 1.165) is 38.9 Å². The van der Waals surface area contributed by atoms with E-state index in [1.54, 1.807) is 34.1 Å². The van der Waals surface area contributed by atoms with Gasteiger partial charge in [-0.3, -0.25) is 14.4 Å². The second kappa shape index (κ2) is 14.0. The highest BCUT2D eigenvalue weighted by Gasteiger charge is 2.35. The number of carbonyl (C=O) groups excluding carboxylic acids is 3. The first kappa shape index (κ1) is 33.6. The molecular weight excluding hydrogens is 615 g/mol. The van der Waals surface area contributed by atoms with Gasteiger partial charge in [0.2, 0.25) is 5.91 Å². The number of piperidine rings is 1. The lowest BCUT2D eigenvalue weighted by Crippen LogP contribution is -2.53. The van der Waals surface area contributed by atoms with E-state index in [0.29, 0.717) is 73.6 Å². The lowest BCUT2D eigenvalue weighted by atomic mass is 9.94. The van der Waals surface area contributed by atoms with Crippen molar-refractivity contribution in [2.24, 2.45) is 11.8 Å². The first-order valence-corrected chi connectivity index (χ1v) is 17.0. The number of carbonyl (C=O) groups is 3. The van der Waals surface area contributed by atoms with Crippen LogP contribution in [0.1, 0.15) is 61.6 Å². The molecule has 1 aromatic heterocycles. The molecular formula is C36H45FN6O5. The summed E-state index contributed by atoms with van der Waals surface area (Å²) in [7, 11) is 0. The van der Waals surface area contributed by atoms with Crippen molar-refractivity contribution in [2.75, 3.05) is 58.9 Å². The molecule has 3 aliphatic heterocycles. The Morgan fingerprint density at radius 3 is 2.29 bits per heavy atom. The van der Waals surface area contributed by atoms with E-state index in [9.17, 15) is 23.6 Å². The molecule has 256 valence electrons. The number of ether oxygens (including phenoxy) is 1. The van der Waals surface area contributed by atoms with Crippen LogP contribution in [0.3, 0.4) is 0 Å². The number of hydrogen-bond acceptors (Lipinski definition) is 7. The first-order valence-electron chi connectivity index (χ1n) is 17.0. The first-order chi connectivity index (χ1) is 22.9. The third-order valence-electron chi connectivity index (χ3n) is 9.68. The molecule has 0 spiro atoms. The van der Waals surface area contributed by atoms with Crippen molar-refractivity contribution in [1.29, 1.82) is 0 Å². The van der Waals surface area contributed by atoms with Gasteiger partial charge in [0.15, 0.2) is 0 Å². The number of hydrogen-bond donors (Lipinski definition) is 1. The summed E-state index contributed by atoms with van der Waals surface area (Å²) in [4.78, 5) is 59.1. The number of nitrogens with one attached hydrogen (secondary N) is 1. The molecule has 6 rings (SSSR count). The molecule has 4 heterocycles. The fraction of sp³-hybridized carbons (Fsp3) is 0.528. The van der Waals surface area contributed by atoms with Gasteiger partial charge in [-0.1, -0.05) is 24.3 Å². The van der Waals surface area contributed by atoms with E-state index >= 15 is 0 Å². The molecule has 2 aromatic carbocycles. The number of fused-ring (bicyclic) bond motifs is 1. The summed E-state index contributed by atoms with van der Waals surface area (Å²) in [6.45, 7) is 11.2. The van der Waals surface area contributed by atoms with E-state index < -0.39 is 17.3 Å². The summed E-state index contributed by atoms with van der Waals surface area (Å²) < 4.78 is 20.5. The Hall–Kier alpha value is -4.32. The lowest BCUT2D eigenvalue weighted by Gasteiger charge is -2.39. The minimum atomic E-state index is -0.594. The van der Waals surface area contributed by atoms with Gasteiger partial charge >= 0.3 is 6.09 Å². The number of nitrogens with zero attached hydrogens (tertiary/aromatic N) is 5. The predicted octanol–water partition coefficient (Wildman–Crippen LogP) is 3.91. The Morgan fingerprint density at radius 2 is 1.58 bits per heavy atom. The summed E-state index contributed by atoms with van der Waals surface area (Å²) in [6, 6.07) is 11.7. The Balaban J connectivity index is 0.977. The SMILES string of the molecule is CC(C)(C)OC(=O)N1CC[C@H](CN2CCC(C(=O)N3CCN(C(=O)c4cc(Cc5n[nH]c(=O)c6ccccc56)ccc4F)CC3)CC2)C1. The quantitative estimate of drug-likeness (QED) is 0.426. The highest BCUT2D eigenvalue weighted by atomic mass is 19.1. The Kier molecular flexibility index (Phi) is 9.82. The molecule has 0 bridgehead atoms. The van der Waals surface area contributed by atoms with Crippen LogP contribution in [0.4, 0.5) is 9.18 Å². The molecule has 3 aromatic rings. The predicted molar refractivity (Wildman–Crippen MR) is 179 cm³/mol. The van der Waals surface area contributed by atoms with Crippen molar-refractivity contribution in [3.63, 3.8) is 0 Å². The minimum Gasteiger partial charge on any atom is -0.444 e. The van der Waals surface area contributed by atoms with Crippen molar-refractivity contribution in [2.45, 2.75) is 52.1 Å². The van der Waals surface area contributed by atoms with Crippen molar-refractivity contribution in [3.05, 3.63) is 75.5 Å². The Morgan fingerprint density at radius 1 is 0.896 bits per heavy atom. The zero-order chi connectivity index (χ0) is 34.0. The number of aromatic nitrogens is 2. The highest BCUT2D eigenvalue weighted by molar-refractivity contribution is 5.95. The van der Waals surface area contributed by atoms with Crippen molar-refractivity contribution in [3.8, 4) is 0 Å². The molecule has 3 aliphatic rings. The molecule has 0 saturated carbocycles. The van der Waals surface area contributed by atoms with Gasteiger partial charge in [-0.05, 0) is 82.8 Å². The minimum absolute atomic E-state index is 0.00939. The van der Waals surface area contributed by atoms with E-state index in [-0.39, 0.29) is 29.0 Å². The van der Waals surface area contributed by atoms with Gasteiger partial charge in [0, 0.05) is 63.5 Å². The van der Waals surface area contributed by atoms with Crippen LogP contribution in [0.5, 0.6) is 0 Å². The molecule has 48 heavy (non-hydrogen) atoms. The zero-order valence-corrected chi connectivity index (χ0v) is 28.0. The van der Waals surface area contributed by atoms with Crippen LogP contribution in [0.25, 0.3) is 10.8 Å². The summed E-state index contributed by atoms with van der Waals surface area (Å²) in [5.74, 6) is -0.499. The third kappa shape index (κ3) is 7.69. The van der Waals surface area contributed by atoms with Crippen molar-refractivity contribution < 1.29 is 23.5 Å². The maximum absolute atomic E-state index is 14.9. The molecule has 12 heteroatoms. The van der Waals surface area contributed by atoms with Gasteiger partial charge in [0.1, 0.15) is 11.4 Å². The van der Waals surface area contributed by atoms with E-state index in [1.807, 2.05) is 37.8 Å². The average molecular weight is 661 g/mol. The smallest absolute Gasteiger partial charge is 0.410 e. The highest BCUT2D eigenvalue weighted by Crippen LogP contribution is 2.26. The van der Waals surface area contributed by atoms with Crippen molar-refractivity contribution >= 4 is 28.7 Å². The largest absolute Gasteiger partial charge is 0.444 e. The van der Waals surface area contributed by atoms with Crippen LogP contribution in [-0.4, -0.2) is 112 Å². The number of halogens is 1. The number of likely N-dealkylation sites (tertiary alicyclic amines) is 2. The number of aromatic amines is 1. The molecule has 3 amide bonds. The normalized spacial score (nSPS) is 19.6. The molecule has 1 atom stereocenters. The van der Waals surface area contributed by atoms with Gasteiger partial charge in [-0.25, -0.2) is 14.3 Å². The lowest BCUT2D eigenvalue weighted by molar-refractivity contribution is -0.138. The van der Waals surface area contributed by atoms with E-state index in [4.69, 9.17) is 4.74 Å². The summed E-state index contributed by atoms with van der Waals surface area (Å²) in [5.41, 5.74) is 0.554. The average Bonchev–Trinajstić information content (AvgIpc) is 3.55. The van der Waals surface area contributed by atoms with Gasteiger partial charge in [-0.15, -0.1) is 0 Å². The molecule has 3 saturated heterocycles. The number of piperazine rings is 1. The maximum Gasteiger partial charge on any atom is 0.410 e. The second-order valence-corrected chi connectivity index (χ2v) is 14.3. The van der Waals surface area contributed by atoms with Gasteiger partial charge in [-0.2, -0.15) is 5.10 Å². The van der Waals surface area contributed by atoms with Crippen LogP contribution in [0.2, 0.25) is 0 Å². The second-order valence-electron chi connectivity index (χ2n) is 14.3.